The zero-order chi connectivity index (χ0) is 13.7. The van der Waals surface area contributed by atoms with Gasteiger partial charge in [-0.2, -0.15) is 0 Å². The summed E-state index contributed by atoms with van der Waals surface area (Å²) in [5, 5.41) is 6.23. The molecule has 4 nitrogen and oxygen atoms in total. The van der Waals surface area contributed by atoms with Crippen LogP contribution >= 0.6 is 11.3 Å². The van der Waals surface area contributed by atoms with Crippen molar-refractivity contribution in [2.24, 2.45) is 0 Å². The lowest BCUT2D eigenvalue weighted by Crippen LogP contribution is -2.04. The largest absolute Gasteiger partial charge is 0.493 e. The molecule has 0 aliphatic heterocycles. The van der Waals surface area contributed by atoms with Crippen LogP contribution in [0.2, 0.25) is 0 Å². The van der Waals surface area contributed by atoms with Crippen molar-refractivity contribution in [3.8, 4) is 22.8 Å². The molecule has 0 saturated carbocycles. The van der Waals surface area contributed by atoms with Gasteiger partial charge >= 0.3 is 0 Å². The summed E-state index contributed by atoms with van der Waals surface area (Å²) >= 11 is 1.65. The summed E-state index contributed by atoms with van der Waals surface area (Å²) in [6.07, 6.45) is 0. The van der Waals surface area contributed by atoms with E-state index in [1.807, 2.05) is 32.2 Å². The summed E-state index contributed by atoms with van der Waals surface area (Å²) < 4.78 is 10.9. The molecule has 0 radical (unpaired) electrons. The Labute approximate surface area is 117 Å². The Balaban J connectivity index is 2.28. The molecule has 0 fully saturated rings. The van der Waals surface area contributed by atoms with E-state index in [2.05, 4.69) is 15.7 Å². The maximum atomic E-state index is 5.51. The van der Waals surface area contributed by atoms with Crippen LogP contribution in [0.25, 0.3) is 11.3 Å². The van der Waals surface area contributed by atoms with Crippen LogP contribution in [-0.2, 0) is 6.54 Å². The minimum absolute atomic E-state index is 0.624. The Morgan fingerprint density at radius 1 is 1.32 bits per heavy atom. The Morgan fingerprint density at radius 2 is 2.16 bits per heavy atom. The number of hydrogen-bond donors (Lipinski definition) is 1. The lowest BCUT2D eigenvalue weighted by Gasteiger charge is -2.10. The standard InChI is InChI=1S/C14H18N2O2S/c1-4-18-12-6-5-10(7-13(12)17-3)11-9-19-14(16-11)8-15-2/h5-7,9,15H,4,8H2,1-3H3. The average molecular weight is 278 g/mol. The second-order valence-corrected chi connectivity index (χ2v) is 4.90. The van der Waals surface area contributed by atoms with Crippen LogP contribution in [-0.4, -0.2) is 25.7 Å². The third-order valence-corrected chi connectivity index (χ3v) is 3.49. The number of aromatic nitrogens is 1. The van der Waals surface area contributed by atoms with Crippen molar-refractivity contribution < 1.29 is 9.47 Å². The summed E-state index contributed by atoms with van der Waals surface area (Å²) in [6, 6.07) is 5.89. The third-order valence-electron chi connectivity index (χ3n) is 2.64. The molecule has 0 saturated heterocycles. The fourth-order valence-electron chi connectivity index (χ4n) is 1.78. The van der Waals surface area contributed by atoms with Crippen molar-refractivity contribution in [1.29, 1.82) is 0 Å². The van der Waals surface area contributed by atoms with Gasteiger partial charge in [-0.3, -0.25) is 0 Å². The van der Waals surface area contributed by atoms with Crippen LogP contribution in [0, 0.1) is 0 Å². The highest BCUT2D eigenvalue weighted by atomic mass is 32.1. The van der Waals surface area contributed by atoms with Crippen molar-refractivity contribution in [3.05, 3.63) is 28.6 Å². The average Bonchev–Trinajstić information content (AvgIpc) is 2.88. The van der Waals surface area contributed by atoms with Gasteiger partial charge < -0.3 is 14.8 Å². The van der Waals surface area contributed by atoms with Crippen LogP contribution < -0.4 is 14.8 Å². The van der Waals surface area contributed by atoms with E-state index in [-0.39, 0.29) is 0 Å². The molecule has 1 heterocycles. The molecule has 5 heteroatoms. The Bertz CT molecular complexity index is 540. The summed E-state index contributed by atoms with van der Waals surface area (Å²) in [4.78, 5) is 4.58. The Morgan fingerprint density at radius 3 is 2.84 bits per heavy atom. The van der Waals surface area contributed by atoms with Crippen molar-refractivity contribution in [1.82, 2.24) is 10.3 Å². The highest BCUT2D eigenvalue weighted by Crippen LogP contribution is 2.32. The van der Waals surface area contributed by atoms with Gasteiger partial charge in [-0.05, 0) is 32.2 Å². The molecule has 0 amide bonds. The maximum Gasteiger partial charge on any atom is 0.161 e. The molecule has 0 atom stereocenters. The van der Waals surface area contributed by atoms with E-state index < -0.39 is 0 Å². The smallest absolute Gasteiger partial charge is 0.161 e. The van der Waals surface area contributed by atoms with E-state index in [1.165, 1.54) is 0 Å². The van der Waals surface area contributed by atoms with E-state index in [0.29, 0.717) is 6.61 Å². The number of ether oxygens (including phenoxy) is 2. The molecule has 0 bridgehead atoms. The molecular formula is C14H18N2O2S. The van der Waals surface area contributed by atoms with Gasteiger partial charge in [-0.1, -0.05) is 0 Å². The fourth-order valence-corrected chi connectivity index (χ4v) is 2.59. The normalized spacial score (nSPS) is 10.5. The minimum atomic E-state index is 0.624. The number of nitrogens with one attached hydrogen (secondary N) is 1. The van der Waals surface area contributed by atoms with Crippen LogP contribution in [0.5, 0.6) is 11.5 Å². The highest BCUT2D eigenvalue weighted by molar-refractivity contribution is 7.09. The van der Waals surface area contributed by atoms with Gasteiger partial charge in [0.15, 0.2) is 11.5 Å². The van der Waals surface area contributed by atoms with Crippen LogP contribution in [0.4, 0.5) is 0 Å². The minimum Gasteiger partial charge on any atom is -0.493 e. The van der Waals surface area contributed by atoms with Crippen molar-refractivity contribution >= 4 is 11.3 Å². The van der Waals surface area contributed by atoms with Crippen molar-refractivity contribution in [3.63, 3.8) is 0 Å². The summed E-state index contributed by atoms with van der Waals surface area (Å²) in [6.45, 7) is 3.37. The summed E-state index contributed by atoms with van der Waals surface area (Å²) in [5.74, 6) is 1.50. The zero-order valence-corrected chi connectivity index (χ0v) is 12.2. The molecule has 19 heavy (non-hydrogen) atoms. The first-order valence-electron chi connectivity index (χ1n) is 6.18. The molecule has 0 aliphatic rings. The Kier molecular flexibility index (Phi) is 4.76. The molecule has 1 aromatic carbocycles. The third kappa shape index (κ3) is 3.24. The maximum absolute atomic E-state index is 5.51. The van der Waals surface area contributed by atoms with Crippen LogP contribution in [0.1, 0.15) is 11.9 Å². The van der Waals surface area contributed by atoms with Crippen molar-refractivity contribution in [2.75, 3.05) is 20.8 Å². The second kappa shape index (κ2) is 6.54. The van der Waals surface area contributed by atoms with Gasteiger partial charge in [-0.25, -0.2) is 4.98 Å². The monoisotopic (exact) mass is 278 g/mol. The van der Waals surface area contributed by atoms with Gasteiger partial charge in [0.25, 0.3) is 0 Å². The molecule has 2 aromatic rings. The van der Waals surface area contributed by atoms with Gasteiger partial charge in [-0.15, -0.1) is 11.3 Å². The fraction of sp³-hybridized carbons (Fsp3) is 0.357. The molecule has 2 rings (SSSR count). The van der Waals surface area contributed by atoms with E-state index in [4.69, 9.17) is 9.47 Å². The number of thiazole rings is 1. The second-order valence-electron chi connectivity index (χ2n) is 3.96. The predicted octanol–water partition coefficient (Wildman–Crippen LogP) is 2.94. The molecule has 0 spiro atoms. The van der Waals surface area contributed by atoms with Gasteiger partial charge in [0.2, 0.25) is 0 Å². The highest BCUT2D eigenvalue weighted by Gasteiger charge is 2.09. The first kappa shape index (κ1) is 13.8. The van der Waals surface area contributed by atoms with Crippen LogP contribution in [0.15, 0.2) is 23.6 Å². The molecule has 1 N–H and O–H groups in total. The Hall–Kier alpha value is -1.59. The number of rotatable bonds is 6. The molecule has 0 unspecified atom stereocenters. The molecule has 1 aromatic heterocycles. The molecular weight excluding hydrogens is 260 g/mol. The summed E-state index contributed by atoms with van der Waals surface area (Å²) in [7, 11) is 3.57. The van der Waals surface area contributed by atoms with E-state index in [0.717, 1.165) is 34.3 Å². The SMILES string of the molecule is CCOc1ccc(-c2csc(CNC)n2)cc1OC. The first-order chi connectivity index (χ1) is 9.28. The number of benzene rings is 1. The van der Waals surface area contributed by atoms with Crippen LogP contribution in [0.3, 0.4) is 0 Å². The van der Waals surface area contributed by atoms with Gasteiger partial charge in [0, 0.05) is 17.5 Å². The number of hydrogen-bond acceptors (Lipinski definition) is 5. The van der Waals surface area contributed by atoms with E-state index in [1.54, 1.807) is 18.4 Å². The van der Waals surface area contributed by atoms with Crippen molar-refractivity contribution in [2.45, 2.75) is 13.5 Å². The predicted molar refractivity (Wildman–Crippen MR) is 78.0 cm³/mol. The molecule has 0 aliphatic carbocycles. The first-order valence-corrected chi connectivity index (χ1v) is 7.06. The van der Waals surface area contributed by atoms with Gasteiger partial charge in [0.1, 0.15) is 5.01 Å². The van der Waals surface area contributed by atoms with Gasteiger partial charge in [0.05, 0.1) is 19.4 Å². The molecule has 102 valence electrons. The zero-order valence-electron chi connectivity index (χ0n) is 11.4. The van der Waals surface area contributed by atoms with E-state index >= 15 is 0 Å². The topological polar surface area (TPSA) is 43.4 Å². The lowest BCUT2D eigenvalue weighted by atomic mass is 10.1. The number of nitrogens with zero attached hydrogens (tertiary/aromatic N) is 1. The number of methoxy groups -OCH3 is 1. The lowest BCUT2D eigenvalue weighted by molar-refractivity contribution is 0.311. The summed E-state index contributed by atoms with van der Waals surface area (Å²) in [5.41, 5.74) is 2.01. The quantitative estimate of drug-likeness (QED) is 0.882. The van der Waals surface area contributed by atoms with E-state index in [9.17, 15) is 0 Å².